The van der Waals surface area contributed by atoms with E-state index < -0.39 is 44.4 Å². The fourth-order valence-corrected chi connectivity index (χ4v) is 4.42. The van der Waals surface area contributed by atoms with Gasteiger partial charge in [0.25, 0.3) is 5.56 Å². The summed E-state index contributed by atoms with van der Waals surface area (Å²) < 4.78 is 26.0. The standard InChI is InChI=1S/C22H28N2O6Si/c1-22(2,3)31(4,5)27-13-15-17-18(29-20(26)14-9-7-6-8-10-14)19(28-15)24-12-11-16(25)23-21(24)30-17/h6-12,15,17-19H,13H2,1-5H3/t15-,17-,18-,19-/m1/s1/i26+2. The molecule has 2 aliphatic heterocycles. The Labute approximate surface area is 182 Å². The van der Waals surface area contributed by atoms with E-state index in [1.165, 1.54) is 6.07 Å². The summed E-state index contributed by atoms with van der Waals surface area (Å²) in [6.07, 6.45) is -0.896. The molecule has 166 valence electrons. The second-order valence-corrected chi connectivity index (χ2v) is 14.2. The summed E-state index contributed by atoms with van der Waals surface area (Å²) in [5.41, 5.74) is 0.0410. The summed E-state index contributed by atoms with van der Waals surface area (Å²) in [7, 11) is -2.03. The number of rotatable bonds is 5. The molecule has 1 aromatic carbocycles. The van der Waals surface area contributed by atoms with Gasteiger partial charge in [0.15, 0.2) is 26.8 Å². The van der Waals surface area contributed by atoms with Crippen molar-refractivity contribution in [3.8, 4) is 6.01 Å². The van der Waals surface area contributed by atoms with Crippen LogP contribution in [0.15, 0.2) is 47.4 Å². The third kappa shape index (κ3) is 4.17. The maximum Gasteiger partial charge on any atom is 0.338 e. The lowest BCUT2D eigenvalue weighted by molar-refractivity contribution is -0.0658. The highest BCUT2D eigenvalue weighted by atomic mass is 28.4. The van der Waals surface area contributed by atoms with E-state index in [4.69, 9.17) is 18.6 Å². The molecule has 1 aromatic heterocycles. The van der Waals surface area contributed by atoms with Crippen LogP contribution in [0.5, 0.6) is 6.01 Å². The summed E-state index contributed by atoms with van der Waals surface area (Å²) >= 11 is 0. The normalized spacial score (nSPS) is 24.9. The molecule has 4 atom stereocenters. The first-order chi connectivity index (χ1) is 14.6. The van der Waals surface area contributed by atoms with E-state index in [1.807, 2.05) is 6.07 Å². The molecular formula is C22H28N2O6Si. The van der Waals surface area contributed by atoms with Crippen LogP contribution >= 0.6 is 0 Å². The van der Waals surface area contributed by atoms with Crippen molar-refractivity contribution in [3.63, 3.8) is 0 Å². The van der Waals surface area contributed by atoms with E-state index in [-0.39, 0.29) is 11.0 Å². The summed E-state index contributed by atoms with van der Waals surface area (Å²) in [4.78, 5) is 28.4. The van der Waals surface area contributed by atoms with Crippen molar-refractivity contribution in [1.82, 2.24) is 9.55 Å². The van der Waals surface area contributed by atoms with Crippen LogP contribution in [-0.2, 0) is 13.9 Å². The zero-order valence-electron chi connectivity index (χ0n) is 18.4. The molecule has 0 N–H and O–H groups in total. The number of carbonyl (C=O) groups excluding carboxylic acids is 1. The predicted octanol–water partition coefficient (Wildman–Crippen LogP) is 3.15. The van der Waals surface area contributed by atoms with Crippen LogP contribution in [0.2, 0.25) is 18.1 Å². The highest BCUT2D eigenvalue weighted by Crippen LogP contribution is 2.42. The molecule has 2 aromatic rings. The molecule has 0 unspecified atom stereocenters. The highest BCUT2D eigenvalue weighted by Gasteiger charge is 2.54. The van der Waals surface area contributed by atoms with E-state index in [1.54, 1.807) is 35.0 Å². The number of esters is 1. The Bertz CT molecular complexity index is 1020. The average molecular weight is 447 g/mol. The number of hydrogen-bond donors (Lipinski definition) is 0. The number of ether oxygens (including phenoxy) is 3. The Morgan fingerprint density at radius 1 is 1.23 bits per heavy atom. The van der Waals surface area contributed by atoms with Gasteiger partial charge in [0.05, 0.1) is 12.2 Å². The van der Waals surface area contributed by atoms with Crippen molar-refractivity contribution < 1.29 is 23.4 Å². The minimum atomic E-state index is -2.03. The van der Waals surface area contributed by atoms with Gasteiger partial charge >= 0.3 is 12.0 Å². The summed E-state index contributed by atoms with van der Waals surface area (Å²) in [6, 6.07) is 10.3. The second kappa shape index (κ2) is 7.89. The van der Waals surface area contributed by atoms with Crippen molar-refractivity contribution in [2.75, 3.05) is 6.61 Å². The maximum absolute atomic E-state index is 12.7. The van der Waals surface area contributed by atoms with E-state index in [2.05, 4.69) is 38.8 Å². The lowest BCUT2D eigenvalue weighted by Crippen LogP contribution is -2.48. The topological polar surface area (TPSA) is 88.9 Å². The number of benzene rings is 1. The molecule has 0 aliphatic carbocycles. The number of carbonyl (C=O) groups is 1. The molecule has 3 heterocycles. The monoisotopic (exact) mass is 446 g/mol. The van der Waals surface area contributed by atoms with E-state index in [0.717, 1.165) is 0 Å². The minimum absolute atomic E-state index is 0.0391. The SMILES string of the molecule is CC(C)(C)[Si](C)(C)OC[C@H]1O[C@@H]2[C@H](OC(=[18O])c3ccccc3)[C@@H]1Oc1nc(=O)ccn12. The van der Waals surface area contributed by atoms with Gasteiger partial charge in [0.2, 0.25) is 0 Å². The first-order valence-corrected chi connectivity index (χ1v) is 13.3. The van der Waals surface area contributed by atoms with E-state index >= 15 is 0 Å². The Kier molecular flexibility index (Phi) is 5.53. The molecular weight excluding hydrogens is 418 g/mol. The third-order valence-corrected chi connectivity index (χ3v) is 10.8. The fourth-order valence-electron chi connectivity index (χ4n) is 3.41. The van der Waals surface area contributed by atoms with Crippen molar-refractivity contribution in [2.45, 2.75) is 63.4 Å². The zero-order chi connectivity index (χ0) is 22.4. The Morgan fingerprint density at radius 3 is 2.61 bits per heavy atom. The minimum Gasteiger partial charge on any atom is -0.454 e. The van der Waals surface area contributed by atoms with Gasteiger partial charge in [-0.3, -0.25) is 9.36 Å². The predicted molar refractivity (Wildman–Crippen MR) is 116 cm³/mol. The molecule has 9 heteroatoms. The van der Waals surface area contributed by atoms with Gasteiger partial charge in [0.1, 0.15) is 6.10 Å². The van der Waals surface area contributed by atoms with Crippen LogP contribution in [0.3, 0.4) is 0 Å². The van der Waals surface area contributed by atoms with Gasteiger partial charge in [-0.2, -0.15) is 4.98 Å². The van der Waals surface area contributed by atoms with Crippen LogP contribution < -0.4 is 10.3 Å². The molecule has 2 bridgehead atoms. The molecule has 4 rings (SSSR count). The molecule has 31 heavy (non-hydrogen) atoms. The largest absolute Gasteiger partial charge is 0.454 e. The lowest BCUT2D eigenvalue weighted by atomic mass is 10.1. The molecule has 0 spiro atoms. The van der Waals surface area contributed by atoms with E-state index in [0.29, 0.717) is 12.2 Å². The first kappa shape index (κ1) is 21.7. The van der Waals surface area contributed by atoms with Gasteiger partial charge in [-0.1, -0.05) is 39.0 Å². The Hall–Kier alpha value is -2.49. The Morgan fingerprint density at radius 2 is 1.94 bits per heavy atom. The van der Waals surface area contributed by atoms with Gasteiger partial charge < -0.3 is 18.6 Å². The number of aromatic nitrogens is 2. The molecule has 8 nitrogen and oxygen atoms in total. The van der Waals surface area contributed by atoms with Crippen LogP contribution in [-0.4, -0.2) is 48.8 Å². The average Bonchev–Trinajstić information content (AvgIpc) is 2.94. The summed E-state index contributed by atoms with van der Waals surface area (Å²) in [5, 5.41) is 0.0391. The highest BCUT2D eigenvalue weighted by molar-refractivity contribution is 6.74. The fraction of sp³-hybridized carbons (Fsp3) is 0.500. The first-order valence-electron chi connectivity index (χ1n) is 10.4. The molecule has 2 aliphatic rings. The number of hydrogen-bond acceptors (Lipinski definition) is 7. The van der Waals surface area contributed by atoms with Crippen LogP contribution in [0, 0.1) is 0 Å². The van der Waals surface area contributed by atoms with Crippen molar-refractivity contribution >= 4 is 14.3 Å². The summed E-state index contributed by atoms with van der Waals surface area (Å²) in [5.74, 6) is -0.462. The van der Waals surface area contributed by atoms with E-state index in [9.17, 15) is 9.59 Å². The number of fused-ring (bicyclic) bond motifs is 4. The van der Waals surface area contributed by atoms with Gasteiger partial charge in [-0.05, 0) is 30.3 Å². The van der Waals surface area contributed by atoms with Crippen LogP contribution in [0.1, 0.15) is 37.4 Å². The van der Waals surface area contributed by atoms with Crippen LogP contribution in [0.4, 0.5) is 0 Å². The molecule has 0 amide bonds. The van der Waals surface area contributed by atoms with Crippen LogP contribution in [0.25, 0.3) is 0 Å². The number of nitrogens with zero attached hydrogens (tertiary/aromatic N) is 2. The summed E-state index contributed by atoms with van der Waals surface area (Å²) in [6.45, 7) is 11.1. The lowest BCUT2D eigenvalue weighted by Gasteiger charge is -2.37. The Balaban J connectivity index is 1.58. The maximum atomic E-state index is 12.7. The van der Waals surface area contributed by atoms with Crippen molar-refractivity contribution in [1.29, 1.82) is 0 Å². The second-order valence-electron chi connectivity index (χ2n) is 9.41. The zero-order valence-corrected chi connectivity index (χ0v) is 19.4. The molecule has 1 fully saturated rings. The van der Waals surface area contributed by atoms with Gasteiger partial charge in [-0.25, -0.2) is 4.79 Å². The smallest absolute Gasteiger partial charge is 0.338 e. The van der Waals surface area contributed by atoms with Crippen molar-refractivity contribution in [3.05, 3.63) is 58.5 Å². The third-order valence-electron chi connectivity index (χ3n) is 6.27. The van der Waals surface area contributed by atoms with Gasteiger partial charge in [0, 0.05) is 12.3 Å². The molecule has 0 saturated carbocycles. The van der Waals surface area contributed by atoms with Gasteiger partial charge in [-0.15, -0.1) is 0 Å². The molecule has 1 saturated heterocycles. The van der Waals surface area contributed by atoms with Crippen molar-refractivity contribution in [2.24, 2.45) is 0 Å². The molecule has 0 radical (unpaired) electrons. The quantitative estimate of drug-likeness (QED) is 0.396.